The summed E-state index contributed by atoms with van der Waals surface area (Å²) in [5.41, 5.74) is 0.184. The SMILES string of the molecule is CC(O)(CCn1ccnc1)c1ccc(SC2CCCCC2)cc1. The van der Waals surface area contributed by atoms with Gasteiger partial charge in [-0.2, -0.15) is 0 Å². The summed E-state index contributed by atoms with van der Waals surface area (Å²) in [7, 11) is 0. The Morgan fingerprint density at radius 3 is 2.61 bits per heavy atom. The van der Waals surface area contributed by atoms with E-state index in [4.69, 9.17) is 0 Å². The summed E-state index contributed by atoms with van der Waals surface area (Å²) < 4.78 is 2.00. The van der Waals surface area contributed by atoms with Crippen molar-refractivity contribution in [2.45, 2.75) is 67.7 Å². The predicted molar refractivity (Wildman–Crippen MR) is 95.6 cm³/mol. The van der Waals surface area contributed by atoms with Gasteiger partial charge in [0.2, 0.25) is 0 Å². The number of aliphatic hydroxyl groups is 1. The molecule has 3 rings (SSSR count). The van der Waals surface area contributed by atoms with Crippen molar-refractivity contribution in [2.75, 3.05) is 0 Å². The van der Waals surface area contributed by atoms with Gasteiger partial charge in [0.05, 0.1) is 11.9 Å². The molecule has 1 fully saturated rings. The normalized spacial score (nSPS) is 18.7. The third kappa shape index (κ3) is 4.61. The van der Waals surface area contributed by atoms with Gasteiger partial charge in [0.1, 0.15) is 0 Å². The van der Waals surface area contributed by atoms with Gasteiger partial charge in [-0.15, -0.1) is 11.8 Å². The van der Waals surface area contributed by atoms with Crippen LogP contribution in [-0.4, -0.2) is 19.9 Å². The molecule has 0 radical (unpaired) electrons. The number of benzene rings is 1. The molecule has 1 saturated carbocycles. The molecule has 1 aliphatic carbocycles. The summed E-state index contributed by atoms with van der Waals surface area (Å²) in [6, 6.07) is 8.50. The molecule has 1 aromatic heterocycles. The highest BCUT2D eigenvalue weighted by atomic mass is 32.2. The Morgan fingerprint density at radius 1 is 1.22 bits per heavy atom. The zero-order valence-electron chi connectivity index (χ0n) is 13.8. The first-order valence-corrected chi connectivity index (χ1v) is 9.47. The minimum absolute atomic E-state index is 0.679. The molecule has 0 spiro atoms. The third-order valence-corrected chi connectivity index (χ3v) is 6.10. The smallest absolute Gasteiger partial charge is 0.0945 e. The maximum atomic E-state index is 10.8. The van der Waals surface area contributed by atoms with Crippen LogP contribution >= 0.6 is 11.8 Å². The lowest BCUT2D eigenvalue weighted by atomic mass is 9.92. The van der Waals surface area contributed by atoms with Gasteiger partial charge in [0.15, 0.2) is 0 Å². The molecule has 124 valence electrons. The van der Waals surface area contributed by atoms with Crippen LogP contribution in [0, 0.1) is 0 Å². The average molecular weight is 330 g/mol. The molecule has 1 aliphatic rings. The van der Waals surface area contributed by atoms with E-state index in [1.54, 1.807) is 12.5 Å². The quantitative estimate of drug-likeness (QED) is 0.841. The second-order valence-corrected chi connectivity index (χ2v) is 8.10. The Bertz CT molecular complexity index is 586. The number of nitrogens with zero attached hydrogens (tertiary/aromatic N) is 2. The van der Waals surface area contributed by atoms with E-state index < -0.39 is 5.60 Å². The standard InChI is InChI=1S/C19H26N2OS/c1-19(22,11-13-21-14-12-20-15-21)16-7-9-18(10-8-16)23-17-5-3-2-4-6-17/h7-10,12,14-15,17,22H,2-6,11,13H2,1H3. The second-order valence-electron chi connectivity index (χ2n) is 6.73. The van der Waals surface area contributed by atoms with Crippen molar-refractivity contribution in [1.82, 2.24) is 9.55 Å². The van der Waals surface area contributed by atoms with Crippen LogP contribution in [0.3, 0.4) is 0 Å². The maximum Gasteiger partial charge on any atom is 0.0945 e. The zero-order valence-corrected chi connectivity index (χ0v) is 14.6. The van der Waals surface area contributed by atoms with Gasteiger partial charge in [0.25, 0.3) is 0 Å². The van der Waals surface area contributed by atoms with Crippen LogP contribution in [-0.2, 0) is 12.1 Å². The number of rotatable bonds is 6. The molecule has 0 amide bonds. The molecule has 0 bridgehead atoms. The zero-order chi connectivity index (χ0) is 16.1. The molecular formula is C19H26N2OS. The van der Waals surface area contributed by atoms with Gasteiger partial charge in [-0.1, -0.05) is 31.4 Å². The second kappa shape index (κ2) is 7.54. The fourth-order valence-corrected chi connectivity index (χ4v) is 4.43. The fourth-order valence-electron chi connectivity index (χ4n) is 3.18. The number of aromatic nitrogens is 2. The van der Waals surface area contributed by atoms with Crippen LogP contribution in [0.2, 0.25) is 0 Å². The van der Waals surface area contributed by atoms with Crippen molar-refractivity contribution >= 4 is 11.8 Å². The largest absolute Gasteiger partial charge is 0.385 e. The first kappa shape index (κ1) is 16.6. The van der Waals surface area contributed by atoms with Crippen molar-refractivity contribution in [2.24, 2.45) is 0 Å². The third-order valence-electron chi connectivity index (χ3n) is 4.75. The predicted octanol–water partition coefficient (Wildman–Crippen LogP) is 4.61. The van der Waals surface area contributed by atoms with Crippen LogP contribution in [0.15, 0.2) is 47.9 Å². The monoisotopic (exact) mass is 330 g/mol. The van der Waals surface area contributed by atoms with Crippen LogP contribution in [0.1, 0.15) is 51.0 Å². The van der Waals surface area contributed by atoms with Gasteiger partial charge >= 0.3 is 0 Å². The molecule has 1 N–H and O–H groups in total. The Morgan fingerprint density at radius 2 is 1.96 bits per heavy atom. The molecular weight excluding hydrogens is 304 g/mol. The van der Waals surface area contributed by atoms with Gasteiger partial charge in [-0.05, 0) is 43.9 Å². The van der Waals surface area contributed by atoms with E-state index >= 15 is 0 Å². The topological polar surface area (TPSA) is 38.0 Å². The van der Waals surface area contributed by atoms with Crippen molar-refractivity contribution in [3.8, 4) is 0 Å². The number of aryl methyl sites for hydroxylation is 1. The van der Waals surface area contributed by atoms with E-state index in [9.17, 15) is 5.11 Å². The summed E-state index contributed by atoms with van der Waals surface area (Å²) in [5.74, 6) is 0. The average Bonchev–Trinajstić information content (AvgIpc) is 3.08. The van der Waals surface area contributed by atoms with Gasteiger partial charge in [-0.3, -0.25) is 0 Å². The molecule has 1 aromatic carbocycles. The lowest BCUT2D eigenvalue weighted by Gasteiger charge is -2.25. The molecule has 0 aliphatic heterocycles. The highest BCUT2D eigenvalue weighted by Crippen LogP contribution is 2.34. The Hall–Kier alpha value is -1.26. The van der Waals surface area contributed by atoms with Crippen LogP contribution in [0.4, 0.5) is 0 Å². The molecule has 2 aromatic rings. The molecule has 4 heteroatoms. The van der Waals surface area contributed by atoms with Crippen molar-refractivity contribution in [3.05, 3.63) is 48.5 Å². The molecule has 3 nitrogen and oxygen atoms in total. The lowest BCUT2D eigenvalue weighted by molar-refractivity contribution is 0.0430. The lowest BCUT2D eigenvalue weighted by Crippen LogP contribution is -2.23. The first-order valence-electron chi connectivity index (χ1n) is 8.59. The molecule has 1 unspecified atom stereocenters. The minimum atomic E-state index is -0.807. The van der Waals surface area contributed by atoms with Gasteiger partial charge in [-0.25, -0.2) is 4.98 Å². The fraction of sp³-hybridized carbons (Fsp3) is 0.526. The summed E-state index contributed by atoms with van der Waals surface area (Å²) in [6.07, 6.45) is 13.0. The Balaban J connectivity index is 1.58. The van der Waals surface area contributed by atoms with E-state index in [0.29, 0.717) is 6.42 Å². The molecule has 0 saturated heterocycles. The molecule has 23 heavy (non-hydrogen) atoms. The Kier molecular flexibility index (Phi) is 5.44. The summed E-state index contributed by atoms with van der Waals surface area (Å²) in [6.45, 7) is 2.67. The van der Waals surface area contributed by atoms with E-state index in [1.807, 2.05) is 29.4 Å². The highest BCUT2D eigenvalue weighted by Gasteiger charge is 2.23. The number of thioether (sulfide) groups is 1. The van der Waals surface area contributed by atoms with E-state index in [0.717, 1.165) is 17.4 Å². The van der Waals surface area contributed by atoms with E-state index in [1.165, 1.54) is 37.0 Å². The van der Waals surface area contributed by atoms with Crippen LogP contribution in [0.5, 0.6) is 0 Å². The number of hydrogen-bond acceptors (Lipinski definition) is 3. The van der Waals surface area contributed by atoms with Gasteiger partial charge < -0.3 is 9.67 Å². The van der Waals surface area contributed by atoms with Crippen LogP contribution < -0.4 is 0 Å². The highest BCUT2D eigenvalue weighted by molar-refractivity contribution is 8.00. The summed E-state index contributed by atoms with van der Waals surface area (Å²) in [5, 5.41) is 11.5. The molecule has 1 heterocycles. The number of imidazole rings is 1. The van der Waals surface area contributed by atoms with Crippen molar-refractivity contribution in [1.29, 1.82) is 0 Å². The van der Waals surface area contributed by atoms with E-state index in [2.05, 4.69) is 29.2 Å². The summed E-state index contributed by atoms with van der Waals surface area (Å²) in [4.78, 5) is 5.37. The number of hydrogen-bond donors (Lipinski definition) is 1. The van der Waals surface area contributed by atoms with E-state index in [-0.39, 0.29) is 0 Å². The maximum absolute atomic E-state index is 10.8. The van der Waals surface area contributed by atoms with Gasteiger partial charge in [0, 0.05) is 29.1 Å². The summed E-state index contributed by atoms with van der Waals surface area (Å²) >= 11 is 2.00. The first-order chi connectivity index (χ1) is 11.1. The van der Waals surface area contributed by atoms with Crippen molar-refractivity contribution in [3.63, 3.8) is 0 Å². The Labute approximate surface area is 143 Å². The van der Waals surface area contributed by atoms with Crippen LogP contribution in [0.25, 0.3) is 0 Å². The minimum Gasteiger partial charge on any atom is -0.385 e. The molecule has 1 atom stereocenters. The van der Waals surface area contributed by atoms with Crippen molar-refractivity contribution < 1.29 is 5.11 Å².